The number of amides is 2. The molecule has 5 nitrogen and oxygen atoms in total. The topological polar surface area (TPSA) is 44.8 Å². The standard InChI is InChI=1S/C24H29F2N3O2/c1-28-9-8-18(14-28)15-29(16-20-5-6-21(25)12-22(20)26)24(30)27-13-17-4-7-23-19(11-17)3-2-10-31-23/h4-7,11-12,18H,2-3,8-10,13-16H2,1H3,(H,27,30). The lowest BCUT2D eigenvalue weighted by atomic mass is 10.0. The monoisotopic (exact) mass is 429 g/mol. The van der Waals surface area contributed by atoms with Crippen LogP contribution in [0.5, 0.6) is 5.75 Å². The first-order valence-electron chi connectivity index (χ1n) is 10.9. The van der Waals surface area contributed by atoms with Gasteiger partial charge in [-0.3, -0.25) is 0 Å². The zero-order valence-electron chi connectivity index (χ0n) is 17.9. The van der Waals surface area contributed by atoms with Crippen LogP contribution < -0.4 is 10.1 Å². The Kier molecular flexibility index (Phi) is 6.70. The van der Waals surface area contributed by atoms with Crippen molar-refractivity contribution in [1.82, 2.24) is 15.1 Å². The molecule has 1 atom stereocenters. The molecule has 1 saturated heterocycles. The highest BCUT2D eigenvalue weighted by molar-refractivity contribution is 5.74. The number of likely N-dealkylation sites (tertiary alicyclic amines) is 1. The van der Waals surface area contributed by atoms with Gasteiger partial charge in [0.2, 0.25) is 0 Å². The second kappa shape index (κ2) is 9.64. The van der Waals surface area contributed by atoms with Gasteiger partial charge in [0, 0.05) is 31.3 Å². The van der Waals surface area contributed by atoms with Crippen LogP contribution in [0.25, 0.3) is 0 Å². The van der Waals surface area contributed by atoms with E-state index in [4.69, 9.17) is 4.74 Å². The zero-order chi connectivity index (χ0) is 21.8. The Morgan fingerprint density at radius 3 is 2.90 bits per heavy atom. The van der Waals surface area contributed by atoms with Crippen molar-refractivity contribution in [3.8, 4) is 5.75 Å². The third kappa shape index (κ3) is 5.53. The number of halogens is 2. The normalized spacial score (nSPS) is 18.4. The van der Waals surface area contributed by atoms with Gasteiger partial charge in [0.05, 0.1) is 13.2 Å². The fraction of sp³-hybridized carbons (Fsp3) is 0.458. The summed E-state index contributed by atoms with van der Waals surface area (Å²) in [5, 5.41) is 2.98. The van der Waals surface area contributed by atoms with E-state index in [1.807, 2.05) is 12.1 Å². The van der Waals surface area contributed by atoms with Crippen LogP contribution in [-0.4, -0.2) is 49.1 Å². The van der Waals surface area contributed by atoms with Crippen molar-refractivity contribution < 1.29 is 18.3 Å². The molecule has 2 aromatic carbocycles. The number of carbonyl (C=O) groups is 1. The first kappa shape index (κ1) is 21.6. The van der Waals surface area contributed by atoms with Crippen molar-refractivity contribution in [2.45, 2.75) is 32.4 Å². The number of hydrogen-bond acceptors (Lipinski definition) is 3. The van der Waals surface area contributed by atoms with Crippen LogP contribution in [0.4, 0.5) is 13.6 Å². The van der Waals surface area contributed by atoms with Crippen LogP contribution in [0, 0.1) is 17.6 Å². The van der Waals surface area contributed by atoms with E-state index in [2.05, 4.69) is 23.3 Å². The number of aryl methyl sites for hydroxylation is 1. The van der Waals surface area contributed by atoms with Gasteiger partial charge in [0.15, 0.2) is 0 Å². The third-order valence-corrected chi connectivity index (χ3v) is 6.05. The molecule has 2 heterocycles. The minimum absolute atomic E-state index is 0.107. The van der Waals surface area contributed by atoms with Gasteiger partial charge in [-0.1, -0.05) is 18.2 Å². The first-order chi connectivity index (χ1) is 15.0. The maximum atomic E-state index is 14.2. The maximum Gasteiger partial charge on any atom is 0.317 e. The van der Waals surface area contributed by atoms with Crippen LogP contribution in [0.3, 0.4) is 0 Å². The molecule has 0 saturated carbocycles. The quantitative estimate of drug-likeness (QED) is 0.756. The molecule has 0 bridgehead atoms. The average molecular weight is 430 g/mol. The van der Waals surface area contributed by atoms with Crippen LogP contribution in [0.15, 0.2) is 36.4 Å². The summed E-state index contributed by atoms with van der Waals surface area (Å²) in [4.78, 5) is 16.9. The van der Waals surface area contributed by atoms with Crippen molar-refractivity contribution in [3.63, 3.8) is 0 Å². The van der Waals surface area contributed by atoms with E-state index in [1.54, 1.807) is 4.90 Å². The van der Waals surface area contributed by atoms with Crippen molar-refractivity contribution in [2.75, 3.05) is 33.3 Å². The lowest BCUT2D eigenvalue weighted by Crippen LogP contribution is -2.42. The van der Waals surface area contributed by atoms with Gasteiger partial charge >= 0.3 is 6.03 Å². The minimum Gasteiger partial charge on any atom is -0.493 e. The van der Waals surface area contributed by atoms with Gasteiger partial charge in [-0.05, 0) is 62.0 Å². The molecule has 0 radical (unpaired) electrons. The van der Waals surface area contributed by atoms with E-state index in [0.717, 1.165) is 61.9 Å². The van der Waals surface area contributed by atoms with Crippen LogP contribution in [0.1, 0.15) is 29.5 Å². The Balaban J connectivity index is 1.43. The molecule has 166 valence electrons. The smallest absolute Gasteiger partial charge is 0.317 e. The Hall–Kier alpha value is -2.67. The van der Waals surface area contributed by atoms with E-state index in [0.29, 0.717) is 24.6 Å². The summed E-state index contributed by atoms with van der Waals surface area (Å²) in [5.74, 6) is 0.00216. The molecule has 0 spiro atoms. The number of urea groups is 1. The molecule has 2 amide bonds. The summed E-state index contributed by atoms with van der Waals surface area (Å²) in [7, 11) is 2.06. The second-order valence-corrected chi connectivity index (χ2v) is 8.59. The highest BCUT2D eigenvalue weighted by Gasteiger charge is 2.25. The van der Waals surface area contributed by atoms with Gasteiger partial charge in [-0.2, -0.15) is 0 Å². The van der Waals surface area contributed by atoms with Gasteiger partial charge in [0.25, 0.3) is 0 Å². The lowest BCUT2D eigenvalue weighted by Gasteiger charge is -2.26. The number of carbonyl (C=O) groups excluding carboxylic acids is 1. The van der Waals surface area contributed by atoms with Gasteiger partial charge in [-0.15, -0.1) is 0 Å². The summed E-state index contributed by atoms with van der Waals surface area (Å²) in [5.41, 5.74) is 2.48. The van der Waals surface area contributed by atoms with E-state index in [-0.39, 0.29) is 12.6 Å². The molecule has 4 rings (SSSR count). The van der Waals surface area contributed by atoms with Gasteiger partial charge < -0.3 is 19.9 Å². The van der Waals surface area contributed by atoms with E-state index in [1.165, 1.54) is 12.1 Å². The molecule has 1 N–H and O–H groups in total. The van der Waals surface area contributed by atoms with Crippen molar-refractivity contribution in [1.29, 1.82) is 0 Å². The highest BCUT2D eigenvalue weighted by atomic mass is 19.1. The molecule has 2 aliphatic rings. The minimum atomic E-state index is -0.629. The lowest BCUT2D eigenvalue weighted by molar-refractivity contribution is 0.183. The van der Waals surface area contributed by atoms with E-state index < -0.39 is 11.6 Å². The van der Waals surface area contributed by atoms with Crippen LogP contribution in [0.2, 0.25) is 0 Å². The Labute approximate surface area is 182 Å². The number of nitrogens with zero attached hydrogens (tertiary/aromatic N) is 2. The molecule has 31 heavy (non-hydrogen) atoms. The number of benzene rings is 2. The van der Waals surface area contributed by atoms with Crippen molar-refractivity contribution in [3.05, 3.63) is 64.7 Å². The molecule has 7 heteroatoms. The number of nitrogens with one attached hydrogen (secondary N) is 1. The maximum absolute atomic E-state index is 14.2. The Morgan fingerprint density at radius 1 is 1.26 bits per heavy atom. The predicted octanol–water partition coefficient (Wildman–Crippen LogP) is 3.95. The van der Waals surface area contributed by atoms with Crippen molar-refractivity contribution in [2.24, 2.45) is 5.92 Å². The zero-order valence-corrected chi connectivity index (χ0v) is 17.9. The van der Waals surface area contributed by atoms with Crippen LogP contribution in [-0.2, 0) is 19.5 Å². The largest absolute Gasteiger partial charge is 0.493 e. The molecule has 2 aliphatic heterocycles. The van der Waals surface area contributed by atoms with E-state index in [9.17, 15) is 13.6 Å². The van der Waals surface area contributed by atoms with Crippen molar-refractivity contribution >= 4 is 6.03 Å². The molecule has 0 aromatic heterocycles. The van der Waals surface area contributed by atoms with E-state index >= 15 is 0 Å². The Bertz CT molecular complexity index is 937. The summed E-state index contributed by atoms with van der Waals surface area (Å²) in [6, 6.07) is 9.25. The summed E-state index contributed by atoms with van der Waals surface area (Å²) in [6.07, 6.45) is 2.97. The Morgan fingerprint density at radius 2 is 2.13 bits per heavy atom. The molecule has 1 unspecified atom stereocenters. The van der Waals surface area contributed by atoms with Crippen LogP contribution >= 0.6 is 0 Å². The first-order valence-corrected chi connectivity index (χ1v) is 10.9. The highest BCUT2D eigenvalue weighted by Crippen LogP contribution is 2.25. The summed E-state index contributed by atoms with van der Waals surface area (Å²) >= 11 is 0. The second-order valence-electron chi connectivity index (χ2n) is 8.59. The summed E-state index contributed by atoms with van der Waals surface area (Å²) in [6.45, 7) is 3.66. The SMILES string of the molecule is CN1CCC(CN(Cc2ccc(F)cc2F)C(=O)NCc2ccc3c(c2)CCCO3)C1. The number of rotatable bonds is 6. The molecule has 2 aromatic rings. The molecular formula is C24H29F2N3O2. The number of hydrogen-bond donors (Lipinski definition) is 1. The fourth-order valence-electron chi connectivity index (χ4n) is 4.37. The molecular weight excluding hydrogens is 400 g/mol. The fourth-order valence-corrected chi connectivity index (χ4v) is 4.37. The van der Waals surface area contributed by atoms with Gasteiger partial charge in [-0.25, -0.2) is 13.6 Å². The number of ether oxygens (including phenoxy) is 1. The van der Waals surface area contributed by atoms with Gasteiger partial charge in [0.1, 0.15) is 17.4 Å². The molecule has 1 fully saturated rings. The third-order valence-electron chi connectivity index (χ3n) is 6.05. The molecule has 0 aliphatic carbocycles. The number of fused-ring (bicyclic) bond motifs is 1. The average Bonchev–Trinajstić information content (AvgIpc) is 3.17. The predicted molar refractivity (Wildman–Crippen MR) is 115 cm³/mol. The summed E-state index contributed by atoms with van der Waals surface area (Å²) < 4.78 is 33.2.